The number of amides is 3. The number of benzene rings is 1. The van der Waals surface area contributed by atoms with Crippen molar-refractivity contribution in [2.24, 2.45) is 5.92 Å². The van der Waals surface area contributed by atoms with Crippen LogP contribution in [0.5, 0.6) is 0 Å². The first-order valence-electron chi connectivity index (χ1n) is 8.63. The molecule has 1 aromatic rings. The van der Waals surface area contributed by atoms with Gasteiger partial charge in [0, 0.05) is 12.6 Å². The summed E-state index contributed by atoms with van der Waals surface area (Å²) in [6.07, 6.45) is 2.50. The number of hydrogen-bond donors (Lipinski definition) is 2. The number of hydrogen-bond acceptors (Lipinski definition) is 3. The molecular formula is C18H23N3O4. The van der Waals surface area contributed by atoms with Gasteiger partial charge in [-0.3, -0.25) is 14.5 Å². The average molecular weight is 345 g/mol. The minimum Gasteiger partial charge on any atom is -0.481 e. The first kappa shape index (κ1) is 17.3. The third-order valence-electron chi connectivity index (χ3n) is 4.93. The van der Waals surface area contributed by atoms with E-state index in [1.165, 1.54) is 4.90 Å². The van der Waals surface area contributed by atoms with E-state index in [0.29, 0.717) is 32.2 Å². The molecule has 0 aromatic heterocycles. The molecular weight excluding hydrogens is 322 g/mol. The van der Waals surface area contributed by atoms with Gasteiger partial charge in [0.1, 0.15) is 6.54 Å². The highest BCUT2D eigenvalue weighted by atomic mass is 16.4. The van der Waals surface area contributed by atoms with Crippen molar-refractivity contribution in [3.8, 4) is 0 Å². The molecule has 0 unspecified atom stereocenters. The predicted molar refractivity (Wildman–Crippen MR) is 90.5 cm³/mol. The molecule has 2 aliphatic rings. The van der Waals surface area contributed by atoms with E-state index in [1.807, 2.05) is 30.3 Å². The fourth-order valence-electron chi connectivity index (χ4n) is 3.43. The maximum absolute atomic E-state index is 12.4. The van der Waals surface area contributed by atoms with Crippen LogP contribution >= 0.6 is 0 Å². The van der Waals surface area contributed by atoms with E-state index in [9.17, 15) is 14.4 Å². The van der Waals surface area contributed by atoms with Gasteiger partial charge >= 0.3 is 12.0 Å². The minimum absolute atomic E-state index is 0.0126. The summed E-state index contributed by atoms with van der Waals surface area (Å²) in [5.74, 6) is -1.12. The van der Waals surface area contributed by atoms with Crippen molar-refractivity contribution in [1.82, 2.24) is 15.1 Å². The van der Waals surface area contributed by atoms with E-state index in [4.69, 9.17) is 5.11 Å². The lowest BCUT2D eigenvalue weighted by molar-refractivity contribution is -0.142. The maximum Gasteiger partial charge on any atom is 0.319 e. The van der Waals surface area contributed by atoms with Gasteiger partial charge in [-0.05, 0) is 31.2 Å². The largest absolute Gasteiger partial charge is 0.481 e. The standard InChI is InChI=1S/C18H23N3O4/c22-16-11-21(12-20(16)10-13-4-2-1-3-5-13)18(25)19-15-8-6-14(7-9-15)17(23)24/h1-5,14-15H,6-12H2,(H,19,25)(H,23,24). The van der Waals surface area contributed by atoms with Gasteiger partial charge in [0.25, 0.3) is 0 Å². The highest BCUT2D eigenvalue weighted by molar-refractivity contribution is 5.87. The SMILES string of the molecule is O=C(O)C1CCC(NC(=O)N2CC(=O)N(Cc3ccccc3)C2)CC1. The van der Waals surface area contributed by atoms with Crippen LogP contribution in [-0.2, 0) is 16.1 Å². The first-order chi connectivity index (χ1) is 12.0. The Morgan fingerprint density at radius 2 is 1.80 bits per heavy atom. The van der Waals surface area contributed by atoms with Crippen LogP contribution in [0.2, 0.25) is 0 Å². The van der Waals surface area contributed by atoms with Crippen molar-refractivity contribution < 1.29 is 19.5 Å². The van der Waals surface area contributed by atoms with E-state index >= 15 is 0 Å². The third kappa shape index (κ3) is 4.29. The minimum atomic E-state index is -0.758. The van der Waals surface area contributed by atoms with E-state index in [1.54, 1.807) is 4.90 Å². The van der Waals surface area contributed by atoms with Crippen molar-refractivity contribution in [2.45, 2.75) is 38.3 Å². The number of nitrogens with one attached hydrogen (secondary N) is 1. The predicted octanol–water partition coefficient (Wildman–Crippen LogP) is 1.64. The maximum atomic E-state index is 12.4. The van der Waals surface area contributed by atoms with Crippen molar-refractivity contribution in [3.63, 3.8) is 0 Å². The van der Waals surface area contributed by atoms with Crippen molar-refractivity contribution in [1.29, 1.82) is 0 Å². The van der Waals surface area contributed by atoms with E-state index in [2.05, 4.69) is 5.32 Å². The Labute approximate surface area is 146 Å². The van der Waals surface area contributed by atoms with Gasteiger partial charge in [0.2, 0.25) is 5.91 Å². The van der Waals surface area contributed by atoms with Crippen LogP contribution in [0.4, 0.5) is 4.79 Å². The molecule has 0 bridgehead atoms. The molecule has 0 radical (unpaired) electrons. The zero-order valence-corrected chi connectivity index (χ0v) is 14.1. The molecule has 1 aromatic carbocycles. The van der Waals surface area contributed by atoms with Crippen LogP contribution in [0.25, 0.3) is 0 Å². The zero-order valence-electron chi connectivity index (χ0n) is 14.1. The lowest BCUT2D eigenvalue weighted by Gasteiger charge is -2.28. The number of aliphatic carboxylic acids is 1. The summed E-state index contributed by atoms with van der Waals surface area (Å²) in [7, 11) is 0. The summed E-state index contributed by atoms with van der Waals surface area (Å²) in [5, 5.41) is 12.0. The zero-order chi connectivity index (χ0) is 17.8. The summed E-state index contributed by atoms with van der Waals surface area (Å²) in [6, 6.07) is 9.42. The van der Waals surface area contributed by atoms with E-state index in [-0.39, 0.29) is 37.1 Å². The van der Waals surface area contributed by atoms with Crippen LogP contribution in [0.3, 0.4) is 0 Å². The topological polar surface area (TPSA) is 90.0 Å². The summed E-state index contributed by atoms with van der Waals surface area (Å²) in [6.45, 7) is 0.861. The normalized spacial score (nSPS) is 23.6. The first-order valence-corrected chi connectivity index (χ1v) is 8.63. The summed E-state index contributed by atoms with van der Waals surface area (Å²) < 4.78 is 0. The molecule has 1 saturated carbocycles. The van der Waals surface area contributed by atoms with Crippen LogP contribution < -0.4 is 5.32 Å². The Bertz CT molecular complexity index is 641. The number of rotatable bonds is 4. The lowest BCUT2D eigenvalue weighted by Crippen LogP contribution is -2.46. The van der Waals surface area contributed by atoms with Gasteiger partial charge in [-0.15, -0.1) is 0 Å². The molecule has 2 fully saturated rings. The Balaban J connectivity index is 1.49. The summed E-state index contributed by atoms with van der Waals surface area (Å²) >= 11 is 0. The Morgan fingerprint density at radius 3 is 2.44 bits per heavy atom. The molecule has 1 heterocycles. The Kier molecular flexibility index (Phi) is 5.21. The Morgan fingerprint density at radius 1 is 1.12 bits per heavy atom. The van der Waals surface area contributed by atoms with Gasteiger partial charge in [-0.2, -0.15) is 0 Å². The smallest absolute Gasteiger partial charge is 0.319 e. The third-order valence-corrected chi connectivity index (χ3v) is 4.93. The Hall–Kier alpha value is -2.57. The second kappa shape index (κ2) is 7.55. The van der Waals surface area contributed by atoms with Crippen LogP contribution in [-0.4, -0.2) is 52.1 Å². The molecule has 3 amide bonds. The summed E-state index contributed by atoms with van der Waals surface area (Å²) in [5.41, 5.74) is 1.03. The fraction of sp³-hybridized carbons (Fsp3) is 0.500. The highest BCUT2D eigenvalue weighted by Crippen LogP contribution is 2.24. The molecule has 3 rings (SSSR count). The van der Waals surface area contributed by atoms with Gasteiger partial charge in [-0.1, -0.05) is 30.3 Å². The van der Waals surface area contributed by atoms with E-state index in [0.717, 1.165) is 5.56 Å². The fourth-order valence-corrected chi connectivity index (χ4v) is 3.43. The number of urea groups is 1. The average Bonchev–Trinajstić information content (AvgIpc) is 2.97. The van der Waals surface area contributed by atoms with Gasteiger partial charge in [-0.25, -0.2) is 4.79 Å². The summed E-state index contributed by atoms with van der Waals surface area (Å²) in [4.78, 5) is 38.7. The highest BCUT2D eigenvalue weighted by Gasteiger charge is 2.33. The second-order valence-electron chi connectivity index (χ2n) is 6.75. The van der Waals surface area contributed by atoms with Crippen molar-refractivity contribution in [3.05, 3.63) is 35.9 Å². The molecule has 1 saturated heterocycles. The molecule has 1 aliphatic heterocycles. The number of nitrogens with zero attached hydrogens (tertiary/aromatic N) is 2. The number of carboxylic acid groups (broad SMARTS) is 1. The molecule has 134 valence electrons. The van der Waals surface area contributed by atoms with E-state index < -0.39 is 5.97 Å². The van der Waals surface area contributed by atoms with Crippen LogP contribution in [0.1, 0.15) is 31.2 Å². The number of carbonyl (C=O) groups excluding carboxylic acids is 2. The van der Waals surface area contributed by atoms with Gasteiger partial charge < -0.3 is 15.3 Å². The molecule has 7 nitrogen and oxygen atoms in total. The quantitative estimate of drug-likeness (QED) is 0.868. The molecule has 2 N–H and O–H groups in total. The molecule has 1 aliphatic carbocycles. The van der Waals surface area contributed by atoms with Crippen molar-refractivity contribution >= 4 is 17.9 Å². The monoisotopic (exact) mass is 345 g/mol. The number of carboxylic acids is 1. The number of carbonyl (C=O) groups is 3. The van der Waals surface area contributed by atoms with Crippen LogP contribution in [0.15, 0.2) is 30.3 Å². The second-order valence-corrected chi connectivity index (χ2v) is 6.75. The van der Waals surface area contributed by atoms with Gasteiger partial charge in [0.15, 0.2) is 0 Å². The molecule has 0 atom stereocenters. The van der Waals surface area contributed by atoms with Gasteiger partial charge in [0.05, 0.1) is 12.6 Å². The molecule has 7 heteroatoms. The molecule has 0 spiro atoms. The lowest BCUT2D eigenvalue weighted by atomic mass is 9.86. The molecule has 25 heavy (non-hydrogen) atoms. The van der Waals surface area contributed by atoms with Crippen molar-refractivity contribution in [2.75, 3.05) is 13.2 Å². The van der Waals surface area contributed by atoms with Crippen LogP contribution in [0, 0.1) is 5.92 Å².